The first-order valence-electron chi connectivity index (χ1n) is 9.76. The van der Waals surface area contributed by atoms with Crippen molar-refractivity contribution in [1.82, 2.24) is 10.2 Å². The van der Waals surface area contributed by atoms with Gasteiger partial charge in [-0.05, 0) is 56.5 Å². The van der Waals surface area contributed by atoms with Gasteiger partial charge in [-0.2, -0.15) is 8.42 Å². The van der Waals surface area contributed by atoms with Crippen LogP contribution in [0, 0.1) is 6.92 Å². The number of carbonyl (C=O) groups is 1. The number of amides is 1. The van der Waals surface area contributed by atoms with E-state index in [1.54, 1.807) is 31.2 Å². The van der Waals surface area contributed by atoms with Crippen LogP contribution in [0.25, 0.3) is 0 Å². The average molecular weight is 459 g/mol. The quantitative estimate of drug-likeness (QED) is 0.568. The van der Waals surface area contributed by atoms with Crippen molar-refractivity contribution in [3.63, 3.8) is 0 Å². The van der Waals surface area contributed by atoms with Gasteiger partial charge in [0, 0.05) is 6.04 Å². The van der Waals surface area contributed by atoms with E-state index in [0.717, 1.165) is 22.5 Å². The van der Waals surface area contributed by atoms with Crippen LogP contribution >= 0.6 is 11.3 Å². The van der Waals surface area contributed by atoms with Crippen molar-refractivity contribution in [3.8, 4) is 5.75 Å². The van der Waals surface area contributed by atoms with Crippen LogP contribution in [0.15, 0.2) is 52.9 Å². The molecule has 0 radical (unpaired) electrons. The van der Waals surface area contributed by atoms with Gasteiger partial charge in [-0.1, -0.05) is 41.7 Å². The number of anilines is 2. The first kappa shape index (κ1) is 21.3. The van der Waals surface area contributed by atoms with Gasteiger partial charge in [0.05, 0.1) is 5.69 Å². The van der Waals surface area contributed by atoms with Crippen LogP contribution in [-0.4, -0.2) is 36.7 Å². The van der Waals surface area contributed by atoms with Gasteiger partial charge in [-0.15, -0.1) is 10.2 Å². The average Bonchev–Trinajstić information content (AvgIpc) is 3.32. The summed E-state index contributed by atoms with van der Waals surface area (Å²) in [7, 11) is -3.91. The summed E-state index contributed by atoms with van der Waals surface area (Å²) in [6, 6.07) is 14.5. The molecule has 0 fully saturated rings. The molecule has 8 nitrogen and oxygen atoms in total. The van der Waals surface area contributed by atoms with Crippen LogP contribution < -0.4 is 14.4 Å². The lowest BCUT2D eigenvalue weighted by Gasteiger charge is -2.22. The number of aryl methyl sites for hydroxylation is 1. The van der Waals surface area contributed by atoms with Gasteiger partial charge in [-0.3, -0.25) is 14.4 Å². The lowest BCUT2D eigenvalue weighted by atomic mass is 10.1. The summed E-state index contributed by atoms with van der Waals surface area (Å²) in [5.74, 6) is 0.113. The number of ether oxygens (including phenoxy) is 1. The van der Waals surface area contributed by atoms with E-state index in [0.29, 0.717) is 17.9 Å². The second-order valence-corrected chi connectivity index (χ2v) is 10.4. The molecule has 1 N–H and O–H groups in total. The minimum absolute atomic E-state index is 0.100. The van der Waals surface area contributed by atoms with Gasteiger partial charge < -0.3 is 4.74 Å². The van der Waals surface area contributed by atoms with Crippen molar-refractivity contribution < 1.29 is 17.9 Å². The molecule has 31 heavy (non-hydrogen) atoms. The van der Waals surface area contributed by atoms with Crippen molar-refractivity contribution >= 4 is 38.1 Å². The normalized spacial score (nSPS) is 16.6. The Hall–Kier alpha value is -2.98. The molecule has 10 heteroatoms. The number of para-hydroxylation sites is 1. The monoisotopic (exact) mass is 458 g/mol. The summed E-state index contributed by atoms with van der Waals surface area (Å²) < 4.78 is 33.4. The Morgan fingerprint density at radius 2 is 1.97 bits per heavy atom. The molecule has 0 spiro atoms. The molecule has 1 amide bonds. The van der Waals surface area contributed by atoms with E-state index < -0.39 is 22.0 Å². The molecule has 1 aliphatic rings. The van der Waals surface area contributed by atoms with Crippen LogP contribution in [0.5, 0.6) is 5.75 Å². The molecule has 3 aromatic rings. The van der Waals surface area contributed by atoms with Gasteiger partial charge >= 0.3 is 0 Å². The molecule has 2 heterocycles. The van der Waals surface area contributed by atoms with Crippen LogP contribution in [-0.2, 0) is 21.2 Å². The number of nitrogens with zero attached hydrogens (tertiary/aromatic N) is 3. The summed E-state index contributed by atoms with van der Waals surface area (Å²) in [6.07, 6.45) is -0.161. The molecule has 0 saturated heterocycles. The first-order chi connectivity index (χ1) is 14.8. The number of rotatable bonds is 6. The molecule has 2 aromatic carbocycles. The van der Waals surface area contributed by atoms with Gasteiger partial charge in [-0.25, -0.2) is 0 Å². The van der Waals surface area contributed by atoms with E-state index in [1.807, 2.05) is 38.1 Å². The van der Waals surface area contributed by atoms with Gasteiger partial charge in [0.15, 0.2) is 6.10 Å². The zero-order valence-electron chi connectivity index (χ0n) is 17.3. The number of hydrogen-bond acceptors (Lipinski definition) is 7. The fourth-order valence-corrected chi connectivity index (χ4v) is 6.14. The zero-order chi connectivity index (χ0) is 22.2. The van der Waals surface area contributed by atoms with E-state index in [9.17, 15) is 13.2 Å². The maximum atomic E-state index is 13.3. The molecule has 0 aliphatic carbocycles. The third-order valence-electron chi connectivity index (χ3n) is 4.94. The van der Waals surface area contributed by atoms with Crippen LogP contribution in [0.1, 0.15) is 25.0 Å². The van der Waals surface area contributed by atoms with E-state index >= 15 is 0 Å². The predicted octanol–water partition coefficient (Wildman–Crippen LogP) is 3.39. The SMILES string of the molecule is Cc1ccc2c(c1)N(S(=O)(=O)c1nnc(NC(=O)C(C)Oc3ccccc3)s1)C(C)C2. The molecule has 162 valence electrons. The topological polar surface area (TPSA) is 101 Å². The molecule has 2 unspecified atom stereocenters. The Balaban J connectivity index is 1.51. The number of sulfonamides is 1. The largest absolute Gasteiger partial charge is 0.481 e. The molecule has 1 aromatic heterocycles. The summed E-state index contributed by atoms with van der Waals surface area (Å²) in [4.78, 5) is 12.4. The van der Waals surface area contributed by atoms with Crippen LogP contribution in [0.3, 0.4) is 0 Å². The highest BCUT2D eigenvalue weighted by Crippen LogP contribution is 2.38. The number of benzene rings is 2. The van der Waals surface area contributed by atoms with Crippen LogP contribution in [0.2, 0.25) is 0 Å². The Kier molecular flexibility index (Phi) is 5.67. The summed E-state index contributed by atoms with van der Waals surface area (Å²) in [6.45, 7) is 5.39. The maximum absolute atomic E-state index is 13.3. The third-order valence-corrected chi connectivity index (χ3v) is 8.05. The Bertz CT molecular complexity index is 1210. The molecular formula is C21H22N4O4S2. The van der Waals surface area contributed by atoms with Crippen LogP contribution in [0.4, 0.5) is 10.8 Å². The lowest BCUT2D eigenvalue weighted by Crippen LogP contribution is -2.35. The smallest absolute Gasteiger partial charge is 0.293 e. The van der Waals surface area contributed by atoms with Crippen molar-refractivity contribution in [2.45, 2.75) is 43.7 Å². The highest BCUT2D eigenvalue weighted by molar-refractivity contribution is 7.94. The summed E-state index contributed by atoms with van der Waals surface area (Å²) in [5.41, 5.74) is 2.62. The maximum Gasteiger partial charge on any atom is 0.293 e. The molecular weight excluding hydrogens is 436 g/mol. The van der Waals surface area contributed by atoms with E-state index in [1.165, 1.54) is 4.31 Å². The molecule has 1 aliphatic heterocycles. The summed E-state index contributed by atoms with van der Waals surface area (Å²) >= 11 is 0.820. The Morgan fingerprint density at radius 1 is 1.23 bits per heavy atom. The number of carbonyl (C=O) groups excluding carboxylic acids is 1. The number of nitrogens with one attached hydrogen (secondary N) is 1. The predicted molar refractivity (Wildman–Crippen MR) is 119 cm³/mol. The second-order valence-electron chi connectivity index (χ2n) is 7.42. The minimum atomic E-state index is -3.91. The molecule has 4 rings (SSSR count). The first-order valence-corrected chi connectivity index (χ1v) is 12.0. The third kappa shape index (κ3) is 4.26. The van der Waals surface area contributed by atoms with Gasteiger partial charge in [0.25, 0.3) is 20.3 Å². The number of aromatic nitrogens is 2. The van der Waals surface area contributed by atoms with Gasteiger partial charge in [0.2, 0.25) is 5.13 Å². The van der Waals surface area contributed by atoms with Crippen molar-refractivity contribution in [1.29, 1.82) is 0 Å². The molecule has 0 bridgehead atoms. The lowest BCUT2D eigenvalue weighted by molar-refractivity contribution is -0.122. The minimum Gasteiger partial charge on any atom is -0.481 e. The number of hydrogen-bond donors (Lipinski definition) is 1. The van der Waals surface area contributed by atoms with Gasteiger partial charge in [0.1, 0.15) is 5.75 Å². The standard InChI is InChI=1S/C21H22N4O4S2/c1-13-9-10-16-12-14(2)25(18(16)11-13)31(27,28)21-24-23-20(30-21)22-19(26)15(3)29-17-7-5-4-6-8-17/h4-11,14-15H,12H2,1-3H3,(H,22,23,26). The van der Waals surface area contributed by atoms with E-state index in [4.69, 9.17) is 4.74 Å². The van der Waals surface area contributed by atoms with E-state index in [2.05, 4.69) is 15.5 Å². The fraction of sp³-hybridized carbons (Fsp3) is 0.286. The molecule has 0 saturated carbocycles. The zero-order valence-corrected chi connectivity index (χ0v) is 18.9. The highest BCUT2D eigenvalue weighted by Gasteiger charge is 2.38. The van der Waals surface area contributed by atoms with Crippen molar-refractivity contribution in [2.24, 2.45) is 0 Å². The molecule has 2 atom stereocenters. The second kappa shape index (κ2) is 8.27. The van der Waals surface area contributed by atoms with Crippen molar-refractivity contribution in [2.75, 3.05) is 9.62 Å². The summed E-state index contributed by atoms with van der Waals surface area (Å²) in [5, 5.41) is 10.4. The van der Waals surface area contributed by atoms with E-state index in [-0.39, 0.29) is 15.5 Å². The Labute approximate surface area is 184 Å². The Morgan fingerprint density at radius 3 is 2.71 bits per heavy atom. The number of fused-ring (bicyclic) bond motifs is 1. The fourth-order valence-electron chi connectivity index (χ4n) is 3.47. The van der Waals surface area contributed by atoms with Crippen molar-refractivity contribution in [3.05, 3.63) is 59.7 Å². The highest BCUT2D eigenvalue weighted by atomic mass is 32.2.